The number of hydrogen-bond donors (Lipinski definition) is 0. The Labute approximate surface area is 145 Å². The van der Waals surface area contributed by atoms with E-state index in [2.05, 4.69) is 92.0 Å². The summed E-state index contributed by atoms with van der Waals surface area (Å²) in [6.07, 6.45) is 0. The molecule has 0 aliphatic heterocycles. The van der Waals surface area contributed by atoms with Gasteiger partial charge >= 0.3 is 0 Å². The van der Waals surface area contributed by atoms with Crippen molar-refractivity contribution in [2.24, 2.45) is 4.66 Å². The van der Waals surface area contributed by atoms with Gasteiger partial charge in [-0.15, -0.1) is 0 Å². The molecule has 4 heteroatoms. The minimum Gasteiger partial charge on any atom is -0.531 e. The third kappa shape index (κ3) is 5.05. The Morgan fingerprint density at radius 2 is 1.30 bits per heavy atom. The Hall–Kier alpha value is -0.876. The van der Waals surface area contributed by atoms with Crippen molar-refractivity contribution >= 4 is 22.5 Å². The average Bonchev–Trinajstić information content (AvgIpc) is 2.35. The Morgan fingerprint density at radius 1 is 0.826 bits per heavy atom. The van der Waals surface area contributed by atoms with Gasteiger partial charge in [0, 0.05) is 5.56 Å². The zero-order chi connectivity index (χ0) is 18.1. The summed E-state index contributed by atoms with van der Waals surface area (Å²) in [6, 6.07) is 10.4. The van der Waals surface area contributed by atoms with Crippen molar-refractivity contribution in [2.45, 2.75) is 77.8 Å². The summed E-state index contributed by atoms with van der Waals surface area (Å²) < 4.78 is 11.9. The standard InChI is InChI=1S/C19H35NOSi2/c1-18(2,3)22(7,8)20-17(16-14-12-11-13-15-16)21-23(9,10)19(4,5)6/h11-15H,1-10H3/b20-17+. The van der Waals surface area contributed by atoms with Crippen molar-refractivity contribution < 1.29 is 4.43 Å². The summed E-state index contributed by atoms with van der Waals surface area (Å²) in [5, 5.41) is 0.361. The van der Waals surface area contributed by atoms with Crippen LogP contribution in [0, 0.1) is 0 Å². The molecule has 130 valence electrons. The first-order chi connectivity index (χ1) is 10.2. The van der Waals surface area contributed by atoms with E-state index in [1.54, 1.807) is 0 Å². The summed E-state index contributed by atoms with van der Waals surface area (Å²) in [4.78, 5) is 0. The zero-order valence-electron chi connectivity index (χ0n) is 16.7. The van der Waals surface area contributed by atoms with Gasteiger partial charge in [0.2, 0.25) is 0 Å². The molecule has 0 saturated carbocycles. The van der Waals surface area contributed by atoms with Gasteiger partial charge in [-0.1, -0.05) is 59.7 Å². The molecule has 23 heavy (non-hydrogen) atoms. The van der Waals surface area contributed by atoms with Crippen LogP contribution in [0.25, 0.3) is 0 Å². The van der Waals surface area contributed by atoms with Gasteiger partial charge in [0.15, 0.2) is 14.1 Å². The first-order valence-electron chi connectivity index (χ1n) is 8.52. The topological polar surface area (TPSA) is 21.6 Å². The summed E-state index contributed by atoms with van der Waals surface area (Å²) in [5.74, 6) is 0.851. The molecule has 0 aromatic heterocycles. The van der Waals surface area contributed by atoms with Crippen LogP contribution in [-0.2, 0) is 4.43 Å². The predicted octanol–water partition coefficient (Wildman–Crippen LogP) is 6.46. The highest BCUT2D eigenvalue weighted by Crippen LogP contribution is 2.39. The fourth-order valence-corrected chi connectivity index (χ4v) is 3.61. The molecule has 0 radical (unpaired) electrons. The molecular formula is C19H35NOSi2. The minimum atomic E-state index is -1.92. The molecule has 0 spiro atoms. The van der Waals surface area contributed by atoms with Crippen LogP contribution in [0.15, 0.2) is 35.0 Å². The second-order valence-electron chi connectivity index (χ2n) is 9.45. The molecule has 0 bridgehead atoms. The first kappa shape index (κ1) is 20.2. The highest BCUT2D eigenvalue weighted by Gasteiger charge is 2.41. The molecular weight excluding hydrogens is 314 g/mol. The number of benzene rings is 1. The van der Waals surface area contributed by atoms with Crippen molar-refractivity contribution in [1.82, 2.24) is 0 Å². The predicted molar refractivity (Wildman–Crippen MR) is 108 cm³/mol. The fourth-order valence-electron chi connectivity index (χ4n) is 1.54. The average molecular weight is 350 g/mol. The molecule has 1 rings (SSSR count). The highest BCUT2D eigenvalue weighted by molar-refractivity contribution is 6.80. The SMILES string of the molecule is CC(C)(C)[Si](C)(C)/N=C(/O[Si](C)(C)C(C)(C)C)c1ccccc1. The van der Waals surface area contributed by atoms with Crippen molar-refractivity contribution in [2.75, 3.05) is 0 Å². The lowest BCUT2D eigenvalue weighted by Crippen LogP contribution is -2.44. The zero-order valence-corrected chi connectivity index (χ0v) is 18.7. The van der Waals surface area contributed by atoms with E-state index in [1.807, 2.05) is 6.07 Å². The lowest BCUT2D eigenvalue weighted by atomic mass is 10.2. The van der Waals surface area contributed by atoms with E-state index in [-0.39, 0.29) is 10.1 Å². The van der Waals surface area contributed by atoms with Crippen LogP contribution in [-0.4, -0.2) is 22.5 Å². The van der Waals surface area contributed by atoms with E-state index in [9.17, 15) is 0 Å². The molecule has 0 aliphatic carbocycles. The van der Waals surface area contributed by atoms with E-state index < -0.39 is 16.6 Å². The third-order valence-electron chi connectivity index (χ3n) is 5.40. The molecule has 0 fully saturated rings. The second kappa shape index (κ2) is 6.56. The van der Waals surface area contributed by atoms with Crippen LogP contribution in [0.5, 0.6) is 0 Å². The number of hydrogen-bond acceptors (Lipinski definition) is 2. The lowest BCUT2D eigenvalue weighted by molar-refractivity contribution is 0.487. The smallest absolute Gasteiger partial charge is 0.252 e. The maximum absolute atomic E-state index is 6.64. The summed E-state index contributed by atoms with van der Waals surface area (Å²) >= 11 is 0. The van der Waals surface area contributed by atoms with Gasteiger partial charge in [-0.05, 0) is 48.4 Å². The normalized spacial score (nSPS) is 14.8. The molecule has 0 N–H and O–H groups in total. The van der Waals surface area contributed by atoms with Gasteiger partial charge in [-0.3, -0.25) is 4.66 Å². The van der Waals surface area contributed by atoms with Crippen LogP contribution < -0.4 is 0 Å². The minimum absolute atomic E-state index is 0.163. The second-order valence-corrected chi connectivity index (χ2v) is 19.0. The molecule has 0 atom stereocenters. The maximum atomic E-state index is 6.64. The van der Waals surface area contributed by atoms with Gasteiger partial charge in [-0.25, -0.2) is 0 Å². The third-order valence-corrected chi connectivity index (χ3v) is 14.1. The quantitative estimate of drug-likeness (QED) is 0.348. The van der Waals surface area contributed by atoms with Gasteiger partial charge < -0.3 is 4.43 Å². The molecule has 0 saturated heterocycles. The van der Waals surface area contributed by atoms with Crippen LogP contribution in [0.1, 0.15) is 47.1 Å². The Balaban J connectivity index is 3.36. The van der Waals surface area contributed by atoms with Crippen molar-refractivity contribution in [3.05, 3.63) is 35.9 Å². The number of nitrogens with zero attached hydrogens (tertiary/aromatic N) is 1. The van der Waals surface area contributed by atoms with E-state index in [1.165, 1.54) is 0 Å². The van der Waals surface area contributed by atoms with Crippen molar-refractivity contribution in [3.8, 4) is 0 Å². The van der Waals surface area contributed by atoms with E-state index >= 15 is 0 Å². The number of rotatable bonds is 3. The lowest BCUT2D eigenvalue weighted by Gasteiger charge is -2.39. The molecule has 0 heterocycles. The van der Waals surface area contributed by atoms with Crippen LogP contribution in [0.3, 0.4) is 0 Å². The Kier molecular flexibility index (Phi) is 5.75. The van der Waals surface area contributed by atoms with Crippen LogP contribution in [0.2, 0.25) is 36.3 Å². The molecule has 1 aromatic carbocycles. The summed E-state index contributed by atoms with van der Waals surface area (Å²) in [5.41, 5.74) is 1.10. The molecule has 2 nitrogen and oxygen atoms in total. The maximum Gasteiger partial charge on any atom is 0.252 e. The van der Waals surface area contributed by atoms with Gasteiger partial charge in [0.25, 0.3) is 8.32 Å². The highest BCUT2D eigenvalue weighted by atomic mass is 28.4. The monoisotopic (exact) mass is 349 g/mol. The summed E-state index contributed by atoms with van der Waals surface area (Å²) in [7, 11) is -3.74. The molecule has 0 unspecified atom stereocenters. The van der Waals surface area contributed by atoms with Crippen LogP contribution in [0.4, 0.5) is 0 Å². The molecule has 0 amide bonds. The van der Waals surface area contributed by atoms with Crippen molar-refractivity contribution in [1.29, 1.82) is 0 Å². The van der Waals surface area contributed by atoms with E-state index in [0.29, 0.717) is 0 Å². The van der Waals surface area contributed by atoms with E-state index in [0.717, 1.165) is 11.5 Å². The van der Waals surface area contributed by atoms with Crippen molar-refractivity contribution in [3.63, 3.8) is 0 Å². The Bertz CT molecular complexity index is 549. The molecule has 0 aliphatic rings. The van der Waals surface area contributed by atoms with Crippen LogP contribution >= 0.6 is 0 Å². The first-order valence-corrected chi connectivity index (χ1v) is 14.4. The van der Waals surface area contributed by atoms with Gasteiger partial charge in [-0.2, -0.15) is 0 Å². The van der Waals surface area contributed by atoms with Gasteiger partial charge in [0.1, 0.15) is 0 Å². The largest absolute Gasteiger partial charge is 0.531 e. The Morgan fingerprint density at radius 3 is 1.70 bits per heavy atom. The van der Waals surface area contributed by atoms with Gasteiger partial charge in [0.05, 0.1) is 0 Å². The van der Waals surface area contributed by atoms with E-state index in [4.69, 9.17) is 9.08 Å². The fraction of sp³-hybridized carbons (Fsp3) is 0.632. The summed E-state index contributed by atoms with van der Waals surface area (Å²) in [6.45, 7) is 22.9. The molecule has 1 aromatic rings.